The number of benzene rings is 2. The molecule has 2 aromatic carbocycles. The van der Waals surface area contributed by atoms with Gasteiger partial charge in [-0.25, -0.2) is 5.43 Å². The second-order valence-corrected chi connectivity index (χ2v) is 6.16. The van der Waals surface area contributed by atoms with Crippen molar-refractivity contribution in [2.24, 2.45) is 5.10 Å². The first kappa shape index (κ1) is 17.7. The first-order chi connectivity index (χ1) is 12.5. The molecular weight excluding hydrogens is 406 g/mol. The molecule has 0 saturated heterocycles. The summed E-state index contributed by atoms with van der Waals surface area (Å²) in [4.78, 5) is 23.8. The number of aromatic hydroxyl groups is 1. The van der Waals surface area contributed by atoms with Crippen LogP contribution in [0.1, 0.15) is 15.9 Å². The van der Waals surface area contributed by atoms with Crippen LogP contribution in [-0.2, 0) is 4.79 Å². The third-order valence-electron chi connectivity index (χ3n) is 3.43. The minimum absolute atomic E-state index is 0.0299. The Hall–Kier alpha value is -3.07. The number of hydrazone groups is 1. The van der Waals surface area contributed by atoms with Gasteiger partial charge in [0.05, 0.1) is 12.8 Å². The molecule has 2 amide bonds. The molecular formula is C17H14BrN3O5. The Labute approximate surface area is 156 Å². The number of nitrogens with zero attached hydrogens (tertiary/aromatic N) is 1. The van der Waals surface area contributed by atoms with Gasteiger partial charge in [0.15, 0.2) is 11.5 Å². The molecule has 8 nitrogen and oxygen atoms in total. The van der Waals surface area contributed by atoms with Crippen LogP contribution < -0.4 is 20.2 Å². The first-order valence-corrected chi connectivity index (χ1v) is 8.30. The summed E-state index contributed by atoms with van der Waals surface area (Å²) in [5.74, 6) is 0.157. The average Bonchev–Trinajstić information content (AvgIpc) is 3.10. The number of rotatable bonds is 5. The van der Waals surface area contributed by atoms with Crippen molar-refractivity contribution in [3.8, 4) is 17.2 Å². The zero-order chi connectivity index (χ0) is 18.5. The van der Waals surface area contributed by atoms with Crippen LogP contribution in [0.5, 0.6) is 17.2 Å². The summed E-state index contributed by atoms with van der Waals surface area (Å²) in [6.07, 6.45) is 1.30. The van der Waals surface area contributed by atoms with Gasteiger partial charge in [0.25, 0.3) is 11.8 Å². The van der Waals surface area contributed by atoms with E-state index in [9.17, 15) is 14.7 Å². The Morgan fingerprint density at radius 3 is 2.85 bits per heavy atom. The quantitative estimate of drug-likeness (QED) is 0.505. The van der Waals surface area contributed by atoms with Crippen LogP contribution in [0.25, 0.3) is 0 Å². The maximum atomic E-state index is 12.1. The molecule has 2 aromatic rings. The number of carbonyl (C=O) groups is 2. The fourth-order valence-corrected chi connectivity index (χ4v) is 2.52. The van der Waals surface area contributed by atoms with Gasteiger partial charge in [-0.1, -0.05) is 15.9 Å². The molecule has 1 aliphatic rings. The lowest BCUT2D eigenvalue weighted by atomic mass is 10.2. The molecule has 0 fully saturated rings. The second-order valence-electron chi connectivity index (χ2n) is 5.25. The van der Waals surface area contributed by atoms with E-state index in [2.05, 4.69) is 31.8 Å². The van der Waals surface area contributed by atoms with Crippen LogP contribution in [0.15, 0.2) is 46.0 Å². The minimum Gasteiger partial charge on any atom is -0.507 e. The van der Waals surface area contributed by atoms with Crippen LogP contribution in [-0.4, -0.2) is 36.5 Å². The Morgan fingerprint density at radius 2 is 2.00 bits per heavy atom. The summed E-state index contributed by atoms with van der Waals surface area (Å²) < 4.78 is 11.1. The number of amides is 2. The van der Waals surface area contributed by atoms with Crippen LogP contribution in [0.3, 0.4) is 0 Å². The van der Waals surface area contributed by atoms with Gasteiger partial charge in [0.2, 0.25) is 6.79 Å². The molecule has 26 heavy (non-hydrogen) atoms. The standard InChI is InChI=1S/C17H14BrN3O5/c18-12-2-3-13(22)11(5-12)7-20-21-16(23)8-19-17(24)10-1-4-14-15(6-10)26-9-25-14/h1-7,22H,8-9H2,(H,19,24)(H,21,23)/b20-7-. The average molecular weight is 420 g/mol. The Kier molecular flexibility index (Phi) is 5.37. The van der Waals surface area contributed by atoms with E-state index >= 15 is 0 Å². The monoisotopic (exact) mass is 419 g/mol. The van der Waals surface area contributed by atoms with Crippen molar-refractivity contribution in [2.45, 2.75) is 0 Å². The molecule has 0 radical (unpaired) electrons. The van der Waals surface area contributed by atoms with Crippen molar-refractivity contribution in [2.75, 3.05) is 13.3 Å². The molecule has 0 unspecified atom stereocenters. The maximum Gasteiger partial charge on any atom is 0.259 e. The molecule has 1 heterocycles. The highest BCUT2D eigenvalue weighted by Crippen LogP contribution is 2.32. The lowest BCUT2D eigenvalue weighted by molar-refractivity contribution is -0.120. The van der Waals surface area contributed by atoms with Gasteiger partial charge in [0, 0.05) is 15.6 Å². The number of phenolic OH excluding ortho intramolecular Hbond substituents is 1. The van der Waals surface area contributed by atoms with Gasteiger partial charge in [0.1, 0.15) is 5.75 Å². The lowest BCUT2D eigenvalue weighted by Gasteiger charge is -2.05. The highest BCUT2D eigenvalue weighted by atomic mass is 79.9. The van der Waals surface area contributed by atoms with E-state index in [-0.39, 0.29) is 19.1 Å². The number of carbonyl (C=O) groups excluding carboxylic acids is 2. The predicted molar refractivity (Wildman–Crippen MR) is 96.4 cm³/mol. The Bertz CT molecular complexity index is 885. The smallest absolute Gasteiger partial charge is 0.259 e. The fraction of sp³-hybridized carbons (Fsp3) is 0.118. The van der Waals surface area contributed by atoms with Crippen LogP contribution in [0.4, 0.5) is 0 Å². The topological polar surface area (TPSA) is 109 Å². The molecule has 0 atom stereocenters. The van der Waals surface area contributed by atoms with Gasteiger partial charge in [-0.15, -0.1) is 0 Å². The summed E-state index contributed by atoms with van der Waals surface area (Å²) in [6, 6.07) is 9.58. The third-order valence-corrected chi connectivity index (χ3v) is 3.92. The molecule has 9 heteroatoms. The molecule has 134 valence electrons. The van der Waals surface area contributed by atoms with Crippen molar-refractivity contribution in [3.05, 3.63) is 52.0 Å². The first-order valence-electron chi connectivity index (χ1n) is 7.51. The predicted octanol–water partition coefficient (Wildman–Crippen LogP) is 1.76. The van der Waals surface area contributed by atoms with Gasteiger partial charge in [-0.05, 0) is 36.4 Å². The summed E-state index contributed by atoms with van der Waals surface area (Å²) >= 11 is 3.27. The minimum atomic E-state index is -0.509. The zero-order valence-electron chi connectivity index (χ0n) is 13.4. The van der Waals surface area contributed by atoms with E-state index in [1.807, 2.05) is 0 Å². The van der Waals surface area contributed by atoms with Crippen molar-refractivity contribution in [1.82, 2.24) is 10.7 Å². The van der Waals surface area contributed by atoms with E-state index in [0.29, 0.717) is 22.6 Å². The van der Waals surface area contributed by atoms with Crippen LogP contribution in [0, 0.1) is 0 Å². The number of ether oxygens (including phenoxy) is 2. The summed E-state index contributed by atoms with van der Waals surface area (Å²) in [5.41, 5.74) is 3.06. The summed E-state index contributed by atoms with van der Waals surface area (Å²) in [6.45, 7) is -0.135. The van der Waals surface area contributed by atoms with E-state index in [4.69, 9.17) is 9.47 Å². The van der Waals surface area contributed by atoms with Gasteiger partial charge in [-0.2, -0.15) is 5.10 Å². The number of hydrogen-bond acceptors (Lipinski definition) is 6. The SMILES string of the molecule is O=C(CNC(=O)c1ccc2c(c1)OCO2)N/N=C\c1cc(Br)ccc1O. The van der Waals surface area contributed by atoms with Crippen LogP contribution in [0.2, 0.25) is 0 Å². The van der Waals surface area contributed by atoms with E-state index in [1.165, 1.54) is 12.3 Å². The van der Waals surface area contributed by atoms with E-state index < -0.39 is 11.8 Å². The Balaban J connectivity index is 1.50. The van der Waals surface area contributed by atoms with Gasteiger partial charge >= 0.3 is 0 Å². The van der Waals surface area contributed by atoms with Crippen molar-refractivity contribution >= 4 is 34.0 Å². The van der Waals surface area contributed by atoms with E-state index in [0.717, 1.165) is 4.47 Å². The Morgan fingerprint density at radius 1 is 1.19 bits per heavy atom. The number of hydrogen-bond donors (Lipinski definition) is 3. The highest BCUT2D eigenvalue weighted by molar-refractivity contribution is 9.10. The summed E-state index contributed by atoms with van der Waals surface area (Å²) in [7, 11) is 0. The molecule has 3 rings (SSSR count). The van der Waals surface area contributed by atoms with E-state index in [1.54, 1.807) is 30.3 Å². The highest BCUT2D eigenvalue weighted by Gasteiger charge is 2.16. The molecule has 0 saturated carbocycles. The molecule has 0 aliphatic carbocycles. The number of halogens is 1. The molecule has 0 bridgehead atoms. The fourth-order valence-electron chi connectivity index (χ4n) is 2.14. The molecule has 1 aliphatic heterocycles. The largest absolute Gasteiger partial charge is 0.507 e. The molecule has 3 N–H and O–H groups in total. The number of phenols is 1. The number of nitrogens with one attached hydrogen (secondary N) is 2. The third kappa shape index (κ3) is 4.31. The van der Waals surface area contributed by atoms with Gasteiger partial charge < -0.3 is 19.9 Å². The summed E-state index contributed by atoms with van der Waals surface area (Å²) in [5, 5.41) is 15.9. The zero-order valence-corrected chi connectivity index (χ0v) is 14.9. The van der Waals surface area contributed by atoms with Gasteiger partial charge in [-0.3, -0.25) is 9.59 Å². The van der Waals surface area contributed by atoms with Crippen molar-refractivity contribution in [1.29, 1.82) is 0 Å². The molecule has 0 aromatic heterocycles. The molecule has 0 spiro atoms. The lowest BCUT2D eigenvalue weighted by Crippen LogP contribution is -2.34. The van der Waals surface area contributed by atoms with Crippen LogP contribution >= 0.6 is 15.9 Å². The van der Waals surface area contributed by atoms with Crippen molar-refractivity contribution in [3.63, 3.8) is 0 Å². The second kappa shape index (κ2) is 7.87. The number of fused-ring (bicyclic) bond motifs is 1. The normalized spacial score (nSPS) is 12.2. The maximum absolute atomic E-state index is 12.1. The van der Waals surface area contributed by atoms with Crippen molar-refractivity contribution < 1.29 is 24.2 Å².